The van der Waals surface area contributed by atoms with Gasteiger partial charge in [-0.3, -0.25) is 0 Å². The maximum absolute atomic E-state index is 5.98. The summed E-state index contributed by atoms with van der Waals surface area (Å²) in [5.74, 6) is 1.22. The predicted molar refractivity (Wildman–Crippen MR) is 88.3 cm³/mol. The molecule has 1 heterocycles. The number of aryl methyl sites for hydroxylation is 2. The van der Waals surface area contributed by atoms with Gasteiger partial charge in [0.1, 0.15) is 5.82 Å². The van der Waals surface area contributed by atoms with Crippen molar-refractivity contribution in [1.82, 2.24) is 9.97 Å². The molecule has 0 amide bonds. The number of halogens is 2. The number of hydrogen-bond acceptors (Lipinski definition) is 3. The van der Waals surface area contributed by atoms with Gasteiger partial charge in [0, 0.05) is 10.6 Å². The van der Waals surface area contributed by atoms with E-state index in [0.717, 1.165) is 33.2 Å². The van der Waals surface area contributed by atoms with Crippen LogP contribution in [0.3, 0.4) is 0 Å². The van der Waals surface area contributed by atoms with Gasteiger partial charge >= 0.3 is 0 Å². The van der Waals surface area contributed by atoms with Crippen molar-refractivity contribution in [2.45, 2.75) is 26.7 Å². The van der Waals surface area contributed by atoms with Crippen molar-refractivity contribution >= 4 is 40.0 Å². The van der Waals surface area contributed by atoms with Crippen LogP contribution >= 0.6 is 34.2 Å². The van der Waals surface area contributed by atoms with Gasteiger partial charge in [-0.1, -0.05) is 24.9 Å². The van der Waals surface area contributed by atoms with Crippen molar-refractivity contribution in [3.63, 3.8) is 0 Å². The Morgan fingerprint density at radius 1 is 1.32 bits per heavy atom. The van der Waals surface area contributed by atoms with E-state index in [1.165, 1.54) is 0 Å². The monoisotopic (exact) mass is 387 g/mol. The lowest BCUT2D eigenvalue weighted by Crippen LogP contribution is -2.05. The van der Waals surface area contributed by atoms with Gasteiger partial charge in [-0.2, -0.15) is 0 Å². The van der Waals surface area contributed by atoms with E-state index in [9.17, 15) is 0 Å². The summed E-state index contributed by atoms with van der Waals surface area (Å²) < 4.78 is 0.954. The summed E-state index contributed by atoms with van der Waals surface area (Å²) in [6.07, 6.45) is 1.94. The van der Waals surface area contributed by atoms with E-state index in [1.54, 1.807) is 0 Å². The number of rotatable bonds is 3. The van der Waals surface area contributed by atoms with Gasteiger partial charge in [-0.25, -0.2) is 9.97 Å². The molecule has 0 aliphatic carbocycles. The zero-order valence-corrected chi connectivity index (χ0v) is 13.8. The Hall–Kier alpha value is -0.880. The number of nitrogen functional groups attached to an aromatic ring is 1. The molecule has 100 valence electrons. The lowest BCUT2D eigenvalue weighted by Gasteiger charge is -2.10. The number of nitrogens with zero attached hydrogens (tertiary/aromatic N) is 2. The van der Waals surface area contributed by atoms with Crippen LogP contribution in [0.25, 0.3) is 11.4 Å². The van der Waals surface area contributed by atoms with Crippen LogP contribution in [-0.2, 0) is 6.42 Å². The molecule has 2 N–H and O–H groups in total. The quantitative estimate of drug-likeness (QED) is 0.801. The number of anilines is 1. The Morgan fingerprint density at radius 2 is 2.05 bits per heavy atom. The SMILES string of the molecule is CCCc1nc(-c2ccc(Cl)cc2C)nc(N)c1I. The van der Waals surface area contributed by atoms with E-state index in [4.69, 9.17) is 17.3 Å². The number of aromatic nitrogens is 2. The predicted octanol–water partition coefficient (Wildman–Crippen LogP) is 4.24. The average molecular weight is 388 g/mol. The summed E-state index contributed by atoms with van der Waals surface area (Å²) in [5, 5.41) is 0.716. The molecule has 0 saturated carbocycles. The first-order valence-corrected chi connectivity index (χ1v) is 7.57. The second-order valence-electron chi connectivity index (χ2n) is 4.40. The summed E-state index contributed by atoms with van der Waals surface area (Å²) in [7, 11) is 0. The summed E-state index contributed by atoms with van der Waals surface area (Å²) in [6.45, 7) is 4.12. The fraction of sp³-hybridized carbons (Fsp3) is 0.286. The average Bonchev–Trinajstić information content (AvgIpc) is 2.35. The van der Waals surface area contributed by atoms with Crippen LogP contribution in [0.4, 0.5) is 5.82 Å². The molecule has 0 aliphatic rings. The second kappa shape index (κ2) is 6.05. The summed E-state index contributed by atoms with van der Waals surface area (Å²) in [4.78, 5) is 9.03. The van der Waals surface area contributed by atoms with E-state index < -0.39 is 0 Å². The maximum Gasteiger partial charge on any atom is 0.162 e. The third-order valence-corrected chi connectivity index (χ3v) is 4.27. The van der Waals surface area contributed by atoms with E-state index >= 15 is 0 Å². The zero-order chi connectivity index (χ0) is 14.0. The van der Waals surface area contributed by atoms with Gasteiger partial charge in [0.25, 0.3) is 0 Å². The molecule has 0 bridgehead atoms. The highest BCUT2D eigenvalue weighted by atomic mass is 127. The normalized spacial score (nSPS) is 10.7. The largest absolute Gasteiger partial charge is 0.383 e. The van der Waals surface area contributed by atoms with Crippen molar-refractivity contribution in [3.05, 3.63) is 38.0 Å². The fourth-order valence-electron chi connectivity index (χ4n) is 1.91. The zero-order valence-electron chi connectivity index (χ0n) is 10.9. The van der Waals surface area contributed by atoms with E-state index in [-0.39, 0.29) is 0 Å². The molecule has 0 atom stereocenters. The molecule has 0 saturated heterocycles. The van der Waals surface area contributed by atoms with Gasteiger partial charge in [-0.05, 0) is 59.7 Å². The highest BCUT2D eigenvalue weighted by molar-refractivity contribution is 14.1. The summed E-state index contributed by atoms with van der Waals surface area (Å²) in [6, 6.07) is 5.70. The molecule has 3 nitrogen and oxygen atoms in total. The lowest BCUT2D eigenvalue weighted by atomic mass is 10.1. The minimum Gasteiger partial charge on any atom is -0.383 e. The lowest BCUT2D eigenvalue weighted by molar-refractivity contribution is 0.869. The van der Waals surface area contributed by atoms with Crippen LogP contribution < -0.4 is 5.73 Å². The molecule has 0 aliphatic heterocycles. The Labute approximate surface area is 131 Å². The van der Waals surface area contributed by atoms with Crippen LogP contribution in [0.5, 0.6) is 0 Å². The van der Waals surface area contributed by atoms with Gasteiger partial charge < -0.3 is 5.73 Å². The molecule has 5 heteroatoms. The van der Waals surface area contributed by atoms with Crippen molar-refractivity contribution in [1.29, 1.82) is 0 Å². The molecule has 0 fully saturated rings. The molecular weight excluding hydrogens is 373 g/mol. The number of benzene rings is 1. The highest BCUT2D eigenvalue weighted by Gasteiger charge is 2.12. The Bertz CT molecular complexity index is 614. The minimum absolute atomic E-state index is 0.545. The van der Waals surface area contributed by atoms with Crippen LogP contribution in [-0.4, -0.2) is 9.97 Å². The van der Waals surface area contributed by atoms with Crippen molar-refractivity contribution in [2.75, 3.05) is 5.73 Å². The molecule has 0 unspecified atom stereocenters. The van der Waals surface area contributed by atoms with Crippen molar-refractivity contribution < 1.29 is 0 Å². The van der Waals surface area contributed by atoms with Crippen LogP contribution in [0.15, 0.2) is 18.2 Å². The van der Waals surface area contributed by atoms with Gasteiger partial charge in [0.15, 0.2) is 5.82 Å². The second-order valence-corrected chi connectivity index (χ2v) is 5.92. The van der Waals surface area contributed by atoms with E-state index in [2.05, 4.69) is 39.5 Å². The Kier molecular flexibility index (Phi) is 4.62. The van der Waals surface area contributed by atoms with E-state index in [1.807, 2.05) is 25.1 Å². The first-order valence-electron chi connectivity index (χ1n) is 6.11. The fourth-order valence-corrected chi connectivity index (χ4v) is 2.65. The van der Waals surface area contributed by atoms with Gasteiger partial charge in [-0.15, -0.1) is 0 Å². The van der Waals surface area contributed by atoms with Crippen molar-refractivity contribution in [3.8, 4) is 11.4 Å². The number of nitrogens with two attached hydrogens (primary N) is 1. The number of hydrogen-bond donors (Lipinski definition) is 1. The van der Waals surface area contributed by atoms with Gasteiger partial charge in [0.2, 0.25) is 0 Å². The third-order valence-electron chi connectivity index (χ3n) is 2.86. The molecule has 2 rings (SSSR count). The standard InChI is InChI=1S/C14H15ClIN3/c1-3-4-11-12(16)13(17)19-14(18-11)10-6-5-9(15)7-8(10)2/h5-7H,3-4H2,1-2H3,(H2,17,18,19). The first kappa shape index (κ1) is 14.5. The van der Waals surface area contributed by atoms with Crippen LogP contribution in [0.2, 0.25) is 5.02 Å². The molecule has 2 aromatic rings. The third kappa shape index (κ3) is 3.17. The Morgan fingerprint density at radius 3 is 2.68 bits per heavy atom. The Balaban J connectivity index is 2.56. The topological polar surface area (TPSA) is 51.8 Å². The molecule has 1 aromatic carbocycles. The minimum atomic E-state index is 0.545. The molecular formula is C14H15ClIN3. The maximum atomic E-state index is 5.98. The van der Waals surface area contributed by atoms with Crippen LogP contribution in [0.1, 0.15) is 24.6 Å². The summed E-state index contributed by atoms with van der Waals surface area (Å²) in [5.41, 5.74) is 9.03. The van der Waals surface area contributed by atoms with Crippen LogP contribution in [0, 0.1) is 10.5 Å². The van der Waals surface area contributed by atoms with Crippen molar-refractivity contribution in [2.24, 2.45) is 0 Å². The van der Waals surface area contributed by atoms with E-state index in [0.29, 0.717) is 16.7 Å². The molecule has 1 aromatic heterocycles. The summed E-state index contributed by atoms with van der Waals surface area (Å²) >= 11 is 8.18. The molecule has 0 radical (unpaired) electrons. The molecule has 0 spiro atoms. The molecule has 19 heavy (non-hydrogen) atoms. The highest BCUT2D eigenvalue weighted by Crippen LogP contribution is 2.26. The van der Waals surface area contributed by atoms with Gasteiger partial charge in [0.05, 0.1) is 9.26 Å². The first-order chi connectivity index (χ1) is 9.02. The smallest absolute Gasteiger partial charge is 0.162 e.